The third kappa shape index (κ3) is 4.00. The van der Waals surface area contributed by atoms with Crippen LogP contribution in [0.3, 0.4) is 0 Å². The second-order valence-corrected chi connectivity index (χ2v) is 4.64. The Kier molecular flexibility index (Phi) is 4.50. The van der Waals surface area contributed by atoms with Crippen LogP contribution in [0.5, 0.6) is 0 Å². The molecule has 0 aliphatic heterocycles. The van der Waals surface area contributed by atoms with E-state index < -0.39 is 15.9 Å². The number of non-ortho nitro benzene ring substituents is 2. The molecule has 0 fully saturated rings. The van der Waals surface area contributed by atoms with E-state index in [9.17, 15) is 25.0 Å². The zero-order chi connectivity index (χ0) is 17.0. The van der Waals surface area contributed by atoms with Crippen molar-refractivity contribution in [2.24, 2.45) is 0 Å². The summed E-state index contributed by atoms with van der Waals surface area (Å²) < 4.78 is 0. The van der Waals surface area contributed by atoms with Gasteiger partial charge in [0.25, 0.3) is 11.4 Å². The van der Waals surface area contributed by atoms with E-state index in [-0.39, 0.29) is 11.4 Å². The Hall–Kier alpha value is -3.49. The zero-order valence-corrected chi connectivity index (χ0v) is 12.0. The van der Waals surface area contributed by atoms with Crippen LogP contribution in [0, 0.1) is 27.2 Å². The predicted molar refractivity (Wildman–Crippen MR) is 83.6 cm³/mol. The number of urea groups is 1. The molecule has 0 saturated heterocycles. The molecule has 2 rings (SSSR count). The van der Waals surface area contributed by atoms with E-state index in [1.807, 2.05) is 0 Å². The molecule has 0 atom stereocenters. The number of nitrogens with zero attached hydrogens (tertiary/aromatic N) is 2. The van der Waals surface area contributed by atoms with Crippen molar-refractivity contribution in [3.8, 4) is 0 Å². The molecule has 0 aliphatic rings. The second kappa shape index (κ2) is 6.52. The first kappa shape index (κ1) is 15.9. The number of hydrogen-bond acceptors (Lipinski definition) is 5. The quantitative estimate of drug-likeness (QED) is 0.659. The molecule has 2 aromatic carbocycles. The fraction of sp³-hybridized carbons (Fsp3) is 0.0714. The van der Waals surface area contributed by atoms with Gasteiger partial charge < -0.3 is 10.6 Å². The van der Waals surface area contributed by atoms with Crippen LogP contribution >= 0.6 is 0 Å². The molecule has 23 heavy (non-hydrogen) atoms. The van der Waals surface area contributed by atoms with Crippen LogP contribution in [0.15, 0.2) is 42.5 Å². The average molecular weight is 316 g/mol. The summed E-state index contributed by atoms with van der Waals surface area (Å²) in [6, 6.07) is 8.81. The molecule has 0 saturated carbocycles. The van der Waals surface area contributed by atoms with Crippen molar-refractivity contribution in [1.82, 2.24) is 0 Å². The first-order valence-corrected chi connectivity index (χ1v) is 6.44. The second-order valence-electron chi connectivity index (χ2n) is 4.64. The highest BCUT2D eigenvalue weighted by atomic mass is 16.6. The Morgan fingerprint density at radius 3 is 2.04 bits per heavy atom. The number of anilines is 2. The number of carbonyl (C=O) groups is 1. The molecule has 0 aromatic heterocycles. The molecule has 0 radical (unpaired) electrons. The van der Waals surface area contributed by atoms with Crippen molar-refractivity contribution < 1.29 is 14.6 Å². The number of nitro groups is 2. The van der Waals surface area contributed by atoms with Crippen molar-refractivity contribution in [3.05, 3.63) is 68.3 Å². The van der Waals surface area contributed by atoms with Gasteiger partial charge >= 0.3 is 6.03 Å². The first-order valence-electron chi connectivity index (χ1n) is 6.44. The highest BCUT2D eigenvalue weighted by molar-refractivity contribution is 6.00. The summed E-state index contributed by atoms with van der Waals surface area (Å²) in [6.07, 6.45) is 0. The van der Waals surface area contributed by atoms with E-state index >= 15 is 0 Å². The summed E-state index contributed by atoms with van der Waals surface area (Å²) in [5.41, 5.74) is 1.09. The van der Waals surface area contributed by atoms with Gasteiger partial charge in [0, 0.05) is 30.0 Å². The molecular weight excluding hydrogens is 304 g/mol. The van der Waals surface area contributed by atoms with E-state index in [1.54, 1.807) is 6.92 Å². The van der Waals surface area contributed by atoms with Gasteiger partial charge in [-0.05, 0) is 24.6 Å². The maximum atomic E-state index is 11.9. The molecule has 9 heteroatoms. The van der Waals surface area contributed by atoms with Crippen molar-refractivity contribution >= 4 is 28.8 Å². The Balaban J connectivity index is 2.09. The SMILES string of the molecule is Cc1ccc([N+](=O)[O-])cc1NC(=O)Nc1ccc([N+](=O)[O-])cc1. The fourth-order valence-corrected chi connectivity index (χ4v) is 1.81. The van der Waals surface area contributed by atoms with Crippen molar-refractivity contribution in [2.45, 2.75) is 6.92 Å². The minimum atomic E-state index is -0.609. The lowest BCUT2D eigenvalue weighted by Gasteiger charge is -2.09. The van der Waals surface area contributed by atoms with Crippen LogP contribution in [0.25, 0.3) is 0 Å². The highest BCUT2D eigenvalue weighted by Gasteiger charge is 2.11. The smallest absolute Gasteiger partial charge is 0.308 e. The third-order valence-corrected chi connectivity index (χ3v) is 3.02. The Morgan fingerprint density at radius 1 is 0.913 bits per heavy atom. The van der Waals surface area contributed by atoms with Gasteiger partial charge in [-0.3, -0.25) is 20.2 Å². The summed E-state index contributed by atoms with van der Waals surface area (Å²) in [5.74, 6) is 0. The number of nitrogens with one attached hydrogen (secondary N) is 2. The average Bonchev–Trinajstić information content (AvgIpc) is 2.49. The number of nitro benzene ring substituents is 2. The summed E-state index contributed by atoms with van der Waals surface area (Å²) in [5, 5.41) is 26.3. The van der Waals surface area contributed by atoms with Crippen LogP contribution in [-0.2, 0) is 0 Å². The predicted octanol–water partition coefficient (Wildman–Crippen LogP) is 3.46. The van der Waals surface area contributed by atoms with Crippen LogP contribution in [0.4, 0.5) is 27.5 Å². The molecule has 0 spiro atoms. The van der Waals surface area contributed by atoms with Gasteiger partial charge in [-0.1, -0.05) is 6.07 Å². The zero-order valence-electron chi connectivity index (χ0n) is 12.0. The molecule has 0 aliphatic carbocycles. The van der Waals surface area contributed by atoms with E-state index in [0.29, 0.717) is 16.9 Å². The summed E-state index contributed by atoms with van der Waals surface area (Å²) >= 11 is 0. The Bertz CT molecular complexity index is 773. The number of benzene rings is 2. The van der Waals surface area contributed by atoms with Crippen molar-refractivity contribution in [2.75, 3.05) is 10.6 Å². The number of amides is 2. The summed E-state index contributed by atoms with van der Waals surface area (Å²) in [7, 11) is 0. The van der Waals surface area contributed by atoms with Crippen LogP contribution < -0.4 is 10.6 Å². The fourth-order valence-electron chi connectivity index (χ4n) is 1.81. The van der Waals surface area contributed by atoms with Crippen molar-refractivity contribution in [1.29, 1.82) is 0 Å². The molecule has 9 nitrogen and oxygen atoms in total. The van der Waals surface area contributed by atoms with Crippen molar-refractivity contribution in [3.63, 3.8) is 0 Å². The Labute approximate surface area is 130 Å². The largest absolute Gasteiger partial charge is 0.323 e. The van der Waals surface area contributed by atoms with Crippen LogP contribution in [-0.4, -0.2) is 15.9 Å². The number of hydrogen-bond donors (Lipinski definition) is 2. The van der Waals surface area contributed by atoms with Gasteiger partial charge in [0.1, 0.15) is 0 Å². The lowest BCUT2D eigenvalue weighted by Crippen LogP contribution is -2.20. The van der Waals surface area contributed by atoms with E-state index in [4.69, 9.17) is 0 Å². The van der Waals surface area contributed by atoms with E-state index in [1.165, 1.54) is 42.5 Å². The van der Waals surface area contributed by atoms with Gasteiger partial charge in [0.05, 0.1) is 15.5 Å². The molecule has 0 bridgehead atoms. The molecule has 2 aromatic rings. The minimum Gasteiger partial charge on any atom is -0.308 e. The van der Waals surface area contributed by atoms with Gasteiger partial charge in [-0.15, -0.1) is 0 Å². The van der Waals surface area contributed by atoms with Crippen LogP contribution in [0.1, 0.15) is 5.56 Å². The van der Waals surface area contributed by atoms with Gasteiger partial charge in [0.2, 0.25) is 0 Å². The van der Waals surface area contributed by atoms with E-state index in [2.05, 4.69) is 10.6 Å². The first-order chi connectivity index (χ1) is 10.9. The molecule has 2 N–H and O–H groups in total. The maximum absolute atomic E-state index is 11.9. The number of rotatable bonds is 4. The molecule has 2 amide bonds. The topological polar surface area (TPSA) is 127 Å². The molecule has 118 valence electrons. The third-order valence-electron chi connectivity index (χ3n) is 3.02. The summed E-state index contributed by atoms with van der Waals surface area (Å²) in [4.78, 5) is 32.1. The minimum absolute atomic E-state index is 0.0921. The summed E-state index contributed by atoms with van der Waals surface area (Å²) in [6.45, 7) is 1.70. The van der Waals surface area contributed by atoms with Gasteiger partial charge in [0.15, 0.2) is 0 Å². The lowest BCUT2D eigenvalue weighted by molar-refractivity contribution is -0.385. The maximum Gasteiger partial charge on any atom is 0.323 e. The number of aryl methyl sites for hydroxylation is 1. The van der Waals surface area contributed by atoms with Crippen LogP contribution in [0.2, 0.25) is 0 Å². The van der Waals surface area contributed by atoms with E-state index in [0.717, 1.165) is 0 Å². The molecule has 0 unspecified atom stereocenters. The molecular formula is C14H12N4O5. The van der Waals surface area contributed by atoms with Gasteiger partial charge in [-0.2, -0.15) is 0 Å². The lowest BCUT2D eigenvalue weighted by atomic mass is 10.2. The number of carbonyl (C=O) groups excluding carboxylic acids is 1. The Morgan fingerprint density at radius 2 is 1.48 bits per heavy atom. The highest BCUT2D eigenvalue weighted by Crippen LogP contribution is 2.22. The monoisotopic (exact) mass is 316 g/mol. The van der Waals surface area contributed by atoms with Gasteiger partial charge in [-0.25, -0.2) is 4.79 Å². The normalized spacial score (nSPS) is 9.96. The molecule has 0 heterocycles. The standard InChI is InChI=1S/C14H12N4O5/c1-9-2-5-12(18(22)23)8-13(9)16-14(19)15-10-3-6-11(7-4-10)17(20)21/h2-8H,1H3,(H2,15,16,19).